The maximum absolute atomic E-state index is 13.1. The summed E-state index contributed by atoms with van der Waals surface area (Å²) < 4.78 is 29.6. The molecule has 0 atom stereocenters. The van der Waals surface area contributed by atoms with Gasteiger partial charge in [-0.05, 0) is 36.4 Å². The van der Waals surface area contributed by atoms with Gasteiger partial charge in [0.1, 0.15) is 17.2 Å². The summed E-state index contributed by atoms with van der Waals surface area (Å²) in [5.41, 5.74) is 0. The van der Waals surface area contributed by atoms with E-state index in [-0.39, 0.29) is 11.0 Å². The molecule has 0 saturated heterocycles. The smallest absolute Gasteiger partial charge is 0.386 e. The van der Waals surface area contributed by atoms with Crippen molar-refractivity contribution in [3.63, 3.8) is 0 Å². The molecule has 3 aromatic rings. The molecular formula is C18H15O4PSi. The van der Waals surface area contributed by atoms with Gasteiger partial charge in [-0.2, -0.15) is 4.57 Å². The summed E-state index contributed by atoms with van der Waals surface area (Å²) in [6.07, 6.45) is 0. The summed E-state index contributed by atoms with van der Waals surface area (Å²) in [7, 11) is -3.89. The molecule has 120 valence electrons. The van der Waals surface area contributed by atoms with Gasteiger partial charge in [0.25, 0.3) is 0 Å². The molecule has 0 aliphatic rings. The van der Waals surface area contributed by atoms with Crippen LogP contribution >= 0.6 is 7.82 Å². The lowest BCUT2D eigenvalue weighted by Gasteiger charge is -2.19. The predicted molar refractivity (Wildman–Crippen MR) is 94.6 cm³/mol. The Hall–Kier alpha value is -2.49. The second kappa shape index (κ2) is 8.38. The second-order valence-electron chi connectivity index (χ2n) is 4.66. The van der Waals surface area contributed by atoms with Crippen LogP contribution in [0, 0.1) is 0 Å². The Labute approximate surface area is 145 Å². The van der Waals surface area contributed by atoms with Crippen molar-refractivity contribution in [3.05, 3.63) is 91.0 Å². The number of para-hydroxylation sites is 3. The number of rotatable bonds is 6. The van der Waals surface area contributed by atoms with E-state index < -0.39 is 7.82 Å². The van der Waals surface area contributed by atoms with Gasteiger partial charge in [-0.25, -0.2) is 0 Å². The van der Waals surface area contributed by atoms with Crippen LogP contribution in [0.5, 0.6) is 17.2 Å². The van der Waals surface area contributed by atoms with Crippen LogP contribution in [-0.2, 0) is 4.57 Å². The van der Waals surface area contributed by atoms with Crippen molar-refractivity contribution in [2.75, 3.05) is 0 Å². The van der Waals surface area contributed by atoms with Gasteiger partial charge < -0.3 is 13.6 Å². The van der Waals surface area contributed by atoms with Crippen molar-refractivity contribution in [1.82, 2.24) is 0 Å². The highest BCUT2D eigenvalue weighted by Crippen LogP contribution is 2.49. The van der Waals surface area contributed by atoms with Crippen molar-refractivity contribution in [3.8, 4) is 17.2 Å². The van der Waals surface area contributed by atoms with E-state index in [2.05, 4.69) is 0 Å². The first-order valence-corrected chi connectivity index (χ1v) is 8.54. The van der Waals surface area contributed by atoms with E-state index >= 15 is 0 Å². The summed E-state index contributed by atoms with van der Waals surface area (Å²) in [5, 5.41) is 0. The van der Waals surface area contributed by atoms with Crippen LogP contribution in [0.15, 0.2) is 91.0 Å². The van der Waals surface area contributed by atoms with E-state index in [4.69, 9.17) is 13.6 Å². The van der Waals surface area contributed by atoms with E-state index in [0.29, 0.717) is 17.2 Å². The lowest BCUT2D eigenvalue weighted by Crippen LogP contribution is -2.07. The molecule has 0 aromatic heterocycles. The predicted octanol–water partition coefficient (Wildman–Crippen LogP) is 4.95. The van der Waals surface area contributed by atoms with Crippen LogP contribution < -0.4 is 13.6 Å². The molecule has 0 aliphatic heterocycles. The van der Waals surface area contributed by atoms with Gasteiger partial charge in [0.05, 0.1) is 0 Å². The fourth-order valence-corrected chi connectivity index (χ4v) is 3.14. The van der Waals surface area contributed by atoms with Crippen molar-refractivity contribution >= 4 is 18.8 Å². The quantitative estimate of drug-likeness (QED) is 0.464. The Kier molecular flexibility index (Phi) is 6.24. The minimum Gasteiger partial charge on any atom is -0.386 e. The van der Waals surface area contributed by atoms with Crippen molar-refractivity contribution < 1.29 is 18.1 Å². The molecule has 0 heterocycles. The Morgan fingerprint density at radius 3 is 1.00 bits per heavy atom. The molecule has 0 saturated carbocycles. The highest BCUT2D eigenvalue weighted by molar-refractivity contribution is 7.49. The molecule has 0 unspecified atom stereocenters. The molecule has 4 nitrogen and oxygen atoms in total. The number of phosphoric ester groups is 1. The van der Waals surface area contributed by atoms with Gasteiger partial charge in [-0.3, -0.25) is 0 Å². The van der Waals surface area contributed by atoms with E-state index in [9.17, 15) is 4.57 Å². The van der Waals surface area contributed by atoms with Gasteiger partial charge in [0.15, 0.2) is 0 Å². The van der Waals surface area contributed by atoms with Gasteiger partial charge in [0.2, 0.25) is 0 Å². The molecule has 4 radical (unpaired) electrons. The van der Waals surface area contributed by atoms with Crippen LogP contribution in [-0.4, -0.2) is 11.0 Å². The van der Waals surface area contributed by atoms with Crippen LogP contribution in [0.1, 0.15) is 0 Å². The van der Waals surface area contributed by atoms with Gasteiger partial charge in [0, 0.05) is 11.0 Å². The molecule has 0 aliphatic carbocycles. The molecule has 0 amide bonds. The maximum atomic E-state index is 13.1. The summed E-state index contributed by atoms with van der Waals surface area (Å²) >= 11 is 0. The van der Waals surface area contributed by atoms with Crippen molar-refractivity contribution in [2.24, 2.45) is 0 Å². The monoisotopic (exact) mass is 354 g/mol. The van der Waals surface area contributed by atoms with E-state index in [1.165, 1.54) is 0 Å². The van der Waals surface area contributed by atoms with Gasteiger partial charge in [-0.15, -0.1) is 0 Å². The first-order chi connectivity index (χ1) is 11.2. The fraction of sp³-hybridized carbons (Fsp3) is 0. The topological polar surface area (TPSA) is 44.8 Å². The molecule has 3 rings (SSSR count). The Morgan fingerprint density at radius 2 is 0.750 bits per heavy atom. The number of hydrogen-bond donors (Lipinski definition) is 0. The van der Waals surface area contributed by atoms with Gasteiger partial charge >= 0.3 is 7.82 Å². The van der Waals surface area contributed by atoms with E-state index in [1.807, 2.05) is 18.2 Å². The Morgan fingerprint density at radius 1 is 0.500 bits per heavy atom. The molecule has 3 aromatic carbocycles. The first kappa shape index (κ1) is 17.9. The lowest BCUT2D eigenvalue weighted by atomic mass is 10.3. The lowest BCUT2D eigenvalue weighted by molar-refractivity contribution is 0.298. The molecule has 0 fully saturated rings. The highest BCUT2D eigenvalue weighted by atomic mass is 31.2. The molecule has 0 bridgehead atoms. The average Bonchev–Trinajstić information content (AvgIpc) is 2.57. The van der Waals surface area contributed by atoms with E-state index in [0.717, 1.165) is 0 Å². The Bertz CT molecular complexity index is 674. The van der Waals surface area contributed by atoms with Crippen molar-refractivity contribution in [1.29, 1.82) is 0 Å². The third-order valence-corrected chi connectivity index (χ3v) is 4.18. The minimum atomic E-state index is -3.89. The Balaban J connectivity index is 0.00000208. The van der Waals surface area contributed by atoms with Crippen LogP contribution in [0.3, 0.4) is 0 Å². The van der Waals surface area contributed by atoms with Crippen molar-refractivity contribution in [2.45, 2.75) is 0 Å². The van der Waals surface area contributed by atoms with Gasteiger partial charge in [-0.1, -0.05) is 54.6 Å². The number of hydrogen-bond acceptors (Lipinski definition) is 4. The van der Waals surface area contributed by atoms with E-state index in [1.54, 1.807) is 72.8 Å². The minimum absolute atomic E-state index is 0. The first-order valence-electron chi connectivity index (χ1n) is 7.07. The fourth-order valence-electron chi connectivity index (χ4n) is 1.89. The van der Waals surface area contributed by atoms with Crippen LogP contribution in [0.25, 0.3) is 0 Å². The third-order valence-electron chi connectivity index (χ3n) is 2.88. The highest BCUT2D eigenvalue weighted by Gasteiger charge is 2.33. The molecule has 0 spiro atoms. The zero-order chi connectivity index (χ0) is 16.0. The summed E-state index contributed by atoms with van der Waals surface area (Å²) in [4.78, 5) is 0. The number of benzene rings is 3. The molecule has 0 N–H and O–H groups in total. The zero-order valence-corrected chi connectivity index (χ0v) is 14.6. The summed E-state index contributed by atoms with van der Waals surface area (Å²) in [6, 6.07) is 26.4. The largest absolute Gasteiger partial charge is 0.647 e. The summed E-state index contributed by atoms with van der Waals surface area (Å²) in [6.45, 7) is 0. The number of phosphoric acid groups is 1. The molecule has 24 heavy (non-hydrogen) atoms. The van der Waals surface area contributed by atoms with Crippen LogP contribution in [0.2, 0.25) is 0 Å². The zero-order valence-electron chi connectivity index (χ0n) is 12.7. The normalized spacial score (nSPS) is 10.3. The van der Waals surface area contributed by atoms with Crippen LogP contribution in [0.4, 0.5) is 0 Å². The standard InChI is InChI=1S/C18H15O4P.Si/c19-23(20-16-10-4-1-5-11-16,21-17-12-6-2-7-13-17)22-18-14-8-3-9-15-18;/h1-15H;. The summed E-state index contributed by atoms with van der Waals surface area (Å²) in [5.74, 6) is 1.22. The third kappa shape index (κ3) is 5.01. The molecule has 6 heteroatoms. The second-order valence-corrected chi connectivity index (χ2v) is 6.10. The average molecular weight is 354 g/mol. The molecular weight excluding hydrogens is 339 g/mol. The SMILES string of the molecule is O=P(Oc1ccccc1)(Oc1ccccc1)Oc1ccccc1.[Si]. The maximum Gasteiger partial charge on any atom is 0.647 e.